The van der Waals surface area contributed by atoms with Crippen molar-refractivity contribution in [1.29, 1.82) is 0 Å². The lowest BCUT2D eigenvalue weighted by molar-refractivity contribution is 0.0736. The Balaban J connectivity index is 1.97. The van der Waals surface area contributed by atoms with E-state index in [4.69, 9.17) is 17.3 Å². The van der Waals surface area contributed by atoms with E-state index in [0.29, 0.717) is 17.3 Å². The molecule has 1 fully saturated rings. The molecule has 4 nitrogen and oxygen atoms in total. The number of benzene rings is 1. The third kappa shape index (κ3) is 2.89. The van der Waals surface area contributed by atoms with Gasteiger partial charge in [-0.2, -0.15) is 0 Å². The lowest BCUT2D eigenvalue weighted by atomic mass is 10.1. The molecule has 1 amide bonds. The molecular formula is C16H18ClN3OS. The van der Waals surface area contributed by atoms with E-state index in [1.165, 1.54) is 11.3 Å². The number of nitrogens with two attached hydrogens (primary N) is 1. The number of amides is 1. The number of hydrogen-bond acceptors (Lipinski definition) is 4. The third-order valence-corrected chi connectivity index (χ3v) is 5.23. The lowest BCUT2D eigenvalue weighted by Gasteiger charge is -2.23. The van der Waals surface area contributed by atoms with Crippen molar-refractivity contribution < 1.29 is 4.79 Å². The third-order valence-electron chi connectivity index (χ3n) is 3.95. The fourth-order valence-corrected chi connectivity index (χ4v) is 3.89. The van der Waals surface area contributed by atoms with Crippen molar-refractivity contribution in [2.45, 2.75) is 25.8 Å². The van der Waals surface area contributed by atoms with E-state index in [1.807, 2.05) is 36.1 Å². The molecular weight excluding hydrogens is 318 g/mol. The highest BCUT2D eigenvalue weighted by atomic mass is 35.5. The molecule has 1 aromatic heterocycles. The number of carbonyl (C=O) groups is 1. The molecule has 22 heavy (non-hydrogen) atoms. The van der Waals surface area contributed by atoms with Crippen molar-refractivity contribution >= 4 is 28.8 Å². The number of aromatic nitrogens is 1. The van der Waals surface area contributed by atoms with Gasteiger partial charge in [0.05, 0.1) is 9.88 Å². The predicted octanol–water partition coefficient (Wildman–Crippen LogP) is 3.34. The van der Waals surface area contributed by atoms with Crippen LogP contribution in [-0.4, -0.2) is 34.9 Å². The van der Waals surface area contributed by atoms with Crippen LogP contribution >= 0.6 is 22.9 Å². The zero-order valence-corrected chi connectivity index (χ0v) is 14.0. The number of nitrogens with zero attached hydrogens (tertiary/aromatic N) is 2. The van der Waals surface area contributed by atoms with Crippen LogP contribution < -0.4 is 5.73 Å². The summed E-state index contributed by atoms with van der Waals surface area (Å²) in [6.45, 7) is 3.19. The second-order valence-electron chi connectivity index (χ2n) is 5.45. The van der Waals surface area contributed by atoms with Crippen LogP contribution in [0.4, 0.5) is 0 Å². The highest BCUT2D eigenvalue weighted by Crippen LogP contribution is 2.33. The van der Waals surface area contributed by atoms with Gasteiger partial charge in [-0.05, 0) is 37.5 Å². The fourth-order valence-electron chi connectivity index (χ4n) is 2.85. The highest BCUT2D eigenvalue weighted by Gasteiger charge is 2.31. The summed E-state index contributed by atoms with van der Waals surface area (Å²) < 4.78 is 0. The monoisotopic (exact) mass is 335 g/mol. The largest absolute Gasteiger partial charge is 0.333 e. The number of likely N-dealkylation sites (tertiary alicyclic amines) is 1. The first-order chi connectivity index (χ1) is 10.6. The van der Waals surface area contributed by atoms with Crippen molar-refractivity contribution in [3.05, 3.63) is 40.0 Å². The summed E-state index contributed by atoms with van der Waals surface area (Å²) in [5.41, 5.74) is 7.29. The lowest BCUT2D eigenvalue weighted by Crippen LogP contribution is -2.40. The van der Waals surface area contributed by atoms with Crippen LogP contribution in [0, 0.1) is 6.92 Å². The molecule has 0 bridgehead atoms. The van der Waals surface area contributed by atoms with Gasteiger partial charge in [0.1, 0.15) is 5.69 Å². The van der Waals surface area contributed by atoms with Crippen LogP contribution in [0.15, 0.2) is 24.3 Å². The van der Waals surface area contributed by atoms with Crippen LogP contribution in [0.1, 0.15) is 28.3 Å². The number of halogens is 1. The molecule has 1 saturated heterocycles. The molecule has 1 aliphatic heterocycles. The quantitative estimate of drug-likeness (QED) is 0.935. The average molecular weight is 336 g/mol. The molecule has 0 radical (unpaired) electrons. The minimum atomic E-state index is -0.0118. The van der Waals surface area contributed by atoms with Gasteiger partial charge in [-0.15, -0.1) is 11.3 Å². The topological polar surface area (TPSA) is 59.2 Å². The molecule has 116 valence electrons. The molecule has 2 heterocycles. The minimum Gasteiger partial charge on any atom is -0.333 e. The second kappa shape index (κ2) is 6.36. The normalized spacial score (nSPS) is 18.0. The number of aryl methyl sites for hydroxylation is 1. The van der Waals surface area contributed by atoms with Crippen LogP contribution in [0.25, 0.3) is 10.4 Å². The highest BCUT2D eigenvalue weighted by molar-refractivity contribution is 7.15. The van der Waals surface area contributed by atoms with Crippen molar-refractivity contribution in [3.63, 3.8) is 0 Å². The van der Waals surface area contributed by atoms with E-state index in [1.54, 1.807) is 0 Å². The Kier molecular flexibility index (Phi) is 4.47. The first-order valence-electron chi connectivity index (χ1n) is 7.34. The Morgan fingerprint density at radius 3 is 2.86 bits per heavy atom. The minimum absolute atomic E-state index is 0.0118. The zero-order valence-electron chi connectivity index (χ0n) is 12.4. The van der Waals surface area contributed by atoms with Gasteiger partial charge in [0.15, 0.2) is 0 Å². The molecule has 0 saturated carbocycles. The molecule has 0 aliphatic carbocycles. The number of hydrogen-bond donors (Lipinski definition) is 1. The van der Waals surface area contributed by atoms with E-state index < -0.39 is 0 Å². The van der Waals surface area contributed by atoms with Gasteiger partial charge < -0.3 is 10.6 Å². The van der Waals surface area contributed by atoms with Gasteiger partial charge in [0, 0.05) is 24.2 Å². The summed E-state index contributed by atoms with van der Waals surface area (Å²) in [4.78, 5) is 20.1. The van der Waals surface area contributed by atoms with E-state index >= 15 is 0 Å². The molecule has 3 rings (SSSR count). The van der Waals surface area contributed by atoms with Crippen LogP contribution in [0.5, 0.6) is 0 Å². The molecule has 1 atom stereocenters. The molecule has 6 heteroatoms. The number of rotatable bonds is 3. The van der Waals surface area contributed by atoms with Gasteiger partial charge in [-0.25, -0.2) is 4.98 Å². The van der Waals surface area contributed by atoms with Crippen molar-refractivity contribution in [3.8, 4) is 10.4 Å². The van der Waals surface area contributed by atoms with E-state index in [9.17, 15) is 4.79 Å². The summed E-state index contributed by atoms with van der Waals surface area (Å²) in [7, 11) is 0. The summed E-state index contributed by atoms with van der Waals surface area (Å²) in [5, 5.41) is 1.57. The molecule has 1 aliphatic rings. The second-order valence-corrected chi connectivity index (χ2v) is 7.09. The number of carbonyl (C=O) groups excluding carboxylic acids is 1. The van der Waals surface area contributed by atoms with Crippen LogP contribution in [0.2, 0.25) is 5.02 Å². The van der Waals surface area contributed by atoms with Gasteiger partial charge in [-0.3, -0.25) is 4.79 Å². The van der Waals surface area contributed by atoms with Crippen molar-refractivity contribution in [2.75, 3.05) is 13.1 Å². The summed E-state index contributed by atoms with van der Waals surface area (Å²) >= 11 is 7.48. The Bertz CT molecular complexity index is 683. The van der Waals surface area contributed by atoms with Gasteiger partial charge in [0.2, 0.25) is 0 Å². The Labute approximate surface area is 138 Å². The van der Waals surface area contributed by atoms with E-state index in [-0.39, 0.29) is 11.9 Å². The fraction of sp³-hybridized carbons (Fsp3) is 0.375. The van der Waals surface area contributed by atoms with E-state index in [0.717, 1.165) is 34.8 Å². The Morgan fingerprint density at radius 1 is 1.45 bits per heavy atom. The van der Waals surface area contributed by atoms with Gasteiger partial charge >= 0.3 is 0 Å². The molecule has 0 spiro atoms. The van der Waals surface area contributed by atoms with Gasteiger partial charge in [-0.1, -0.05) is 23.7 Å². The van der Waals surface area contributed by atoms with Crippen LogP contribution in [-0.2, 0) is 0 Å². The SMILES string of the molecule is Cc1nc(C(=O)N2CCC[C@H]2CN)c(-c2ccc(Cl)cc2)s1. The zero-order chi connectivity index (χ0) is 15.7. The van der Waals surface area contributed by atoms with Crippen molar-refractivity contribution in [1.82, 2.24) is 9.88 Å². The smallest absolute Gasteiger partial charge is 0.274 e. The maximum atomic E-state index is 12.9. The number of thiazole rings is 1. The standard InChI is InChI=1S/C16H18ClN3OS/c1-10-19-14(16(21)20-8-2-3-13(20)9-18)15(22-10)11-4-6-12(17)7-5-11/h4-7,13H,2-3,8-9,18H2,1H3/t13-/m0/s1. The molecule has 2 N–H and O–H groups in total. The summed E-state index contributed by atoms with van der Waals surface area (Å²) in [6.07, 6.45) is 1.98. The molecule has 1 aromatic carbocycles. The first-order valence-corrected chi connectivity index (χ1v) is 8.54. The maximum Gasteiger partial charge on any atom is 0.274 e. The van der Waals surface area contributed by atoms with Crippen LogP contribution in [0.3, 0.4) is 0 Å². The maximum absolute atomic E-state index is 12.9. The Morgan fingerprint density at radius 2 is 2.18 bits per heavy atom. The predicted molar refractivity (Wildman–Crippen MR) is 90.4 cm³/mol. The summed E-state index contributed by atoms with van der Waals surface area (Å²) in [5.74, 6) is -0.0118. The Hall–Kier alpha value is -1.43. The van der Waals surface area contributed by atoms with Gasteiger partial charge in [0.25, 0.3) is 5.91 Å². The summed E-state index contributed by atoms with van der Waals surface area (Å²) in [6, 6.07) is 7.65. The van der Waals surface area contributed by atoms with E-state index in [2.05, 4.69) is 4.98 Å². The van der Waals surface area contributed by atoms with Crippen molar-refractivity contribution in [2.24, 2.45) is 5.73 Å². The first kappa shape index (κ1) is 15.5. The average Bonchev–Trinajstić information content (AvgIpc) is 3.13. The molecule has 0 unspecified atom stereocenters. The molecule has 2 aromatic rings.